The molecule has 0 aliphatic carbocycles. The van der Waals surface area contributed by atoms with E-state index in [2.05, 4.69) is 0 Å². The van der Waals surface area contributed by atoms with E-state index >= 15 is 0 Å². The first-order valence-corrected chi connectivity index (χ1v) is 9.21. The normalized spacial score (nSPS) is 13.8. The molecule has 29 heavy (non-hydrogen) atoms. The highest BCUT2D eigenvalue weighted by Crippen LogP contribution is 2.28. The number of rotatable bonds is 5. The number of carbonyl (C=O) groups excluding carboxylic acids is 2. The van der Waals surface area contributed by atoms with Crippen LogP contribution in [0.3, 0.4) is 0 Å². The molecular formula is C20H23BN2O6. The zero-order valence-corrected chi connectivity index (χ0v) is 16.4. The van der Waals surface area contributed by atoms with Crippen molar-refractivity contribution in [1.29, 1.82) is 0 Å². The molecule has 0 unspecified atom stereocenters. The average molecular weight is 398 g/mol. The topological polar surface area (TPSA) is 99.5 Å². The number of carbonyl (C=O) groups is 2. The molecule has 2 N–H and O–H groups in total. The highest BCUT2D eigenvalue weighted by atomic mass is 16.5. The Bertz CT molecular complexity index is 879. The fourth-order valence-electron chi connectivity index (χ4n) is 3.24. The Balaban J connectivity index is 1.62. The Morgan fingerprint density at radius 2 is 1.28 bits per heavy atom. The van der Waals surface area contributed by atoms with E-state index in [0.717, 1.165) is 0 Å². The molecule has 8 nitrogen and oxygen atoms in total. The van der Waals surface area contributed by atoms with Crippen LogP contribution in [-0.4, -0.2) is 79.2 Å². The molecule has 9 heteroatoms. The highest BCUT2D eigenvalue weighted by molar-refractivity contribution is 6.58. The Morgan fingerprint density at radius 3 is 1.76 bits per heavy atom. The van der Waals surface area contributed by atoms with Crippen LogP contribution in [-0.2, 0) is 0 Å². The summed E-state index contributed by atoms with van der Waals surface area (Å²) in [6.45, 7) is 1.68. The van der Waals surface area contributed by atoms with E-state index in [9.17, 15) is 9.59 Å². The van der Waals surface area contributed by atoms with Gasteiger partial charge in [0.1, 0.15) is 0 Å². The zero-order valence-electron chi connectivity index (χ0n) is 16.4. The number of nitrogens with zero attached hydrogens (tertiary/aromatic N) is 2. The number of ether oxygens (including phenoxy) is 2. The minimum absolute atomic E-state index is 0.126. The van der Waals surface area contributed by atoms with Crippen molar-refractivity contribution in [2.24, 2.45) is 0 Å². The van der Waals surface area contributed by atoms with Crippen molar-refractivity contribution in [3.63, 3.8) is 0 Å². The van der Waals surface area contributed by atoms with E-state index in [1.54, 1.807) is 40.1 Å². The van der Waals surface area contributed by atoms with Gasteiger partial charge < -0.3 is 29.3 Å². The van der Waals surface area contributed by atoms with Gasteiger partial charge in [-0.05, 0) is 35.8 Å². The van der Waals surface area contributed by atoms with Crippen LogP contribution in [0.1, 0.15) is 20.7 Å². The number of amides is 2. The third kappa shape index (κ3) is 4.52. The molecule has 1 saturated heterocycles. The average Bonchev–Trinajstić information content (AvgIpc) is 2.77. The third-order valence-electron chi connectivity index (χ3n) is 4.94. The second kappa shape index (κ2) is 8.98. The van der Waals surface area contributed by atoms with Gasteiger partial charge in [0.25, 0.3) is 11.8 Å². The Morgan fingerprint density at radius 1 is 0.793 bits per heavy atom. The molecule has 0 saturated carbocycles. The highest BCUT2D eigenvalue weighted by Gasteiger charge is 2.26. The molecule has 0 aromatic heterocycles. The van der Waals surface area contributed by atoms with E-state index in [0.29, 0.717) is 54.3 Å². The van der Waals surface area contributed by atoms with Crippen LogP contribution in [0.5, 0.6) is 11.5 Å². The lowest BCUT2D eigenvalue weighted by Crippen LogP contribution is -2.50. The van der Waals surface area contributed by atoms with Gasteiger partial charge in [-0.15, -0.1) is 0 Å². The molecule has 0 atom stereocenters. The van der Waals surface area contributed by atoms with Gasteiger partial charge in [-0.1, -0.05) is 12.1 Å². The number of piperazine rings is 1. The molecule has 0 radical (unpaired) electrons. The van der Waals surface area contributed by atoms with Crippen LogP contribution in [0.15, 0.2) is 42.5 Å². The Hall–Kier alpha value is -3.04. The fourth-order valence-corrected chi connectivity index (χ4v) is 3.24. The maximum atomic E-state index is 12.8. The summed E-state index contributed by atoms with van der Waals surface area (Å²) in [5, 5.41) is 18.3. The lowest BCUT2D eigenvalue weighted by atomic mass is 9.80. The van der Waals surface area contributed by atoms with Crippen molar-refractivity contribution in [2.75, 3.05) is 40.4 Å². The van der Waals surface area contributed by atoms with Crippen LogP contribution in [0.25, 0.3) is 0 Å². The van der Waals surface area contributed by atoms with E-state index in [1.807, 2.05) is 0 Å². The third-order valence-corrected chi connectivity index (χ3v) is 4.94. The van der Waals surface area contributed by atoms with Crippen molar-refractivity contribution in [3.8, 4) is 11.5 Å². The monoisotopic (exact) mass is 398 g/mol. The largest absolute Gasteiger partial charge is 0.493 e. The molecule has 3 rings (SSSR count). The van der Waals surface area contributed by atoms with Gasteiger partial charge in [-0.25, -0.2) is 0 Å². The van der Waals surface area contributed by atoms with Gasteiger partial charge >= 0.3 is 7.12 Å². The molecule has 0 bridgehead atoms. The molecule has 2 aromatic rings. The molecule has 1 heterocycles. The number of methoxy groups -OCH3 is 2. The predicted molar refractivity (Wildman–Crippen MR) is 108 cm³/mol. The summed E-state index contributed by atoms with van der Waals surface area (Å²) in [5.41, 5.74) is 1.29. The van der Waals surface area contributed by atoms with Gasteiger partial charge in [0.15, 0.2) is 11.5 Å². The van der Waals surface area contributed by atoms with Crippen LogP contribution in [0, 0.1) is 0 Å². The van der Waals surface area contributed by atoms with E-state index < -0.39 is 7.12 Å². The molecule has 2 aromatic carbocycles. The van der Waals surface area contributed by atoms with Crippen molar-refractivity contribution < 1.29 is 29.1 Å². The van der Waals surface area contributed by atoms with Crippen LogP contribution in [0.4, 0.5) is 0 Å². The van der Waals surface area contributed by atoms with E-state index in [-0.39, 0.29) is 11.8 Å². The maximum Gasteiger partial charge on any atom is 0.488 e. The number of benzene rings is 2. The molecule has 1 fully saturated rings. The van der Waals surface area contributed by atoms with Crippen molar-refractivity contribution in [3.05, 3.63) is 53.6 Å². The quantitative estimate of drug-likeness (QED) is 0.687. The summed E-state index contributed by atoms with van der Waals surface area (Å²) in [5.74, 6) is 0.768. The summed E-state index contributed by atoms with van der Waals surface area (Å²) in [6.07, 6.45) is 0. The van der Waals surface area contributed by atoms with Crippen molar-refractivity contribution in [1.82, 2.24) is 9.80 Å². The Labute approximate surface area is 169 Å². The summed E-state index contributed by atoms with van der Waals surface area (Å²) in [7, 11) is 1.49. The van der Waals surface area contributed by atoms with Crippen LogP contribution < -0.4 is 14.9 Å². The van der Waals surface area contributed by atoms with Gasteiger partial charge in [0.2, 0.25) is 0 Å². The molecule has 2 amide bonds. The first-order valence-electron chi connectivity index (χ1n) is 9.21. The standard InChI is InChI=1S/C20H23BN2O6/c1-28-17-8-5-15(13-18(17)29-2)20(25)23-11-9-22(10-12-23)19(24)14-3-6-16(7-4-14)21(26)27/h3-8,13,26-27H,9-12H2,1-2H3. The summed E-state index contributed by atoms with van der Waals surface area (Å²) in [4.78, 5) is 28.8. The second-order valence-electron chi connectivity index (χ2n) is 6.65. The summed E-state index contributed by atoms with van der Waals surface area (Å²) >= 11 is 0. The fraction of sp³-hybridized carbons (Fsp3) is 0.300. The lowest BCUT2D eigenvalue weighted by molar-refractivity contribution is 0.0535. The Kier molecular flexibility index (Phi) is 6.41. The zero-order chi connectivity index (χ0) is 21.0. The van der Waals surface area contributed by atoms with E-state index in [1.165, 1.54) is 26.4 Å². The van der Waals surface area contributed by atoms with Crippen LogP contribution >= 0.6 is 0 Å². The maximum absolute atomic E-state index is 12.8. The predicted octanol–water partition coefficient (Wildman–Crippen LogP) is -0.0182. The van der Waals surface area contributed by atoms with Crippen LogP contribution in [0.2, 0.25) is 0 Å². The smallest absolute Gasteiger partial charge is 0.488 e. The van der Waals surface area contributed by atoms with Gasteiger partial charge in [-0.2, -0.15) is 0 Å². The van der Waals surface area contributed by atoms with Gasteiger partial charge in [0, 0.05) is 37.3 Å². The first kappa shape index (κ1) is 20.7. The SMILES string of the molecule is COc1ccc(C(=O)N2CCN(C(=O)c3ccc(B(O)O)cc3)CC2)cc1OC. The lowest BCUT2D eigenvalue weighted by Gasteiger charge is -2.35. The molecular weight excluding hydrogens is 375 g/mol. The molecule has 152 valence electrons. The molecule has 1 aliphatic rings. The summed E-state index contributed by atoms with van der Waals surface area (Å²) in [6, 6.07) is 11.2. The minimum Gasteiger partial charge on any atom is -0.493 e. The van der Waals surface area contributed by atoms with Gasteiger partial charge in [-0.3, -0.25) is 9.59 Å². The van der Waals surface area contributed by atoms with Gasteiger partial charge in [0.05, 0.1) is 14.2 Å². The molecule has 0 spiro atoms. The first-order chi connectivity index (χ1) is 13.9. The summed E-state index contributed by atoms with van der Waals surface area (Å²) < 4.78 is 10.5. The van der Waals surface area contributed by atoms with Crippen molar-refractivity contribution in [2.45, 2.75) is 0 Å². The number of hydrogen-bond donors (Lipinski definition) is 2. The number of hydrogen-bond acceptors (Lipinski definition) is 6. The van der Waals surface area contributed by atoms with E-state index in [4.69, 9.17) is 19.5 Å². The minimum atomic E-state index is -1.56. The second-order valence-corrected chi connectivity index (χ2v) is 6.65. The molecule has 1 aliphatic heterocycles. The van der Waals surface area contributed by atoms with Crippen molar-refractivity contribution >= 4 is 24.4 Å².